The number of carbonyl (C=O) groups excluding carboxylic acids is 1. The Bertz CT molecular complexity index is 709. The van der Waals surface area contributed by atoms with Gasteiger partial charge >= 0.3 is 0 Å². The van der Waals surface area contributed by atoms with Gasteiger partial charge in [0.15, 0.2) is 0 Å². The number of amides is 1. The van der Waals surface area contributed by atoms with Gasteiger partial charge in [0.1, 0.15) is 5.88 Å². The SMILES string of the molecule is O=C(CCl)N(Cc1ccccc1)C1=C(c2ccccc2)CCCC1. The molecule has 0 fully saturated rings. The first-order valence-electron chi connectivity index (χ1n) is 8.47. The zero-order valence-corrected chi connectivity index (χ0v) is 14.5. The van der Waals surface area contributed by atoms with Crippen LogP contribution in [0.25, 0.3) is 5.57 Å². The van der Waals surface area contributed by atoms with Crippen LogP contribution in [0.3, 0.4) is 0 Å². The Labute approximate surface area is 148 Å². The van der Waals surface area contributed by atoms with Crippen molar-refractivity contribution in [2.45, 2.75) is 32.2 Å². The van der Waals surface area contributed by atoms with Crippen molar-refractivity contribution in [1.29, 1.82) is 0 Å². The Morgan fingerprint density at radius 2 is 1.54 bits per heavy atom. The van der Waals surface area contributed by atoms with Gasteiger partial charge < -0.3 is 4.90 Å². The highest BCUT2D eigenvalue weighted by molar-refractivity contribution is 6.27. The largest absolute Gasteiger partial charge is 0.310 e. The van der Waals surface area contributed by atoms with Crippen molar-refractivity contribution in [3.8, 4) is 0 Å². The molecule has 24 heavy (non-hydrogen) atoms. The fourth-order valence-corrected chi connectivity index (χ4v) is 3.45. The molecule has 124 valence electrons. The summed E-state index contributed by atoms with van der Waals surface area (Å²) < 4.78 is 0. The molecule has 0 N–H and O–H groups in total. The summed E-state index contributed by atoms with van der Waals surface area (Å²) >= 11 is 5.91. The van der Waals surface area contributed by atoms with Gasteiger partial charge in [-0.1, -0.05) is 60.7 Å². The number of rotatable bonds is 5. The van der Waals surface area contributed by atoms with Crippen LogP contribution in [-0.4, -0.2) is 16.7 Å². The van der Waals surface area contributed by atoms with Gasteiger partial charge in [-0.3, -0.25) is 4.79 Å². The number of hydrogen-bond donors (Lipinski definition) is 0. The van der Waals surface area contributed by atoms with E-state index in [1.54, 1.807) is 0 Å². The molecule has 2 aromatic rings. The first-order valence-corrected chi connectivity index (χ1v) is 9.00. The molecule has 0 spiro atoms. The van der Waals surface area contributed by atoms with Crippen molar-refractivity contribution in [3.63, 3.8) is 0 Å². The quantitative estimate of drug-likeness (QED) is 0.682. The maximum atomic E-state index is 12.6. The molecular weight excluding hydrogens is 318 g/mol. The normalized spacial score (nSPS) is 14.5. The fraction of sp³-hybridized carbons (Fsp3) is 0.286. The molecule has 0 radical (unpaired) electrons. The average Bonchev–Trinajstić information content (AvgIpc) is 2.67. The molecule has 0 aliphatic heterocycles. The summed E-state index contributed by atoms with van der Waals surface area (Å²) in [5.74, 6) is -0.0101. The van der Waals surface area contributed by atoms with E-state index in [4.69, 9.17) is 11.6 Å². The molecule has 2 nitrogen and oxygen atoms in total. The summed E-state index contributed by atoms with van der Waals surface area (Å²) in [6.45, 7) is 0.581. The summed E-state index contributed by atoms with van der Waals surface area (Å²) in [4.78, 5) is 14.4. The summed E-state index contributed by atoms with van der Waals surface area (Å²) in [5, 5.41) is 0. The van der Waals surface area contributed by atoms with Gasteiger partial charge in [-0.15, -0.1) is 11.6 Å². The highest BCUT2D eigenvalue weighted by Crippen LogP contribution is 2.35. The molecule has 0 atom stereocenters. The minimum atomic E-state index is -0.0224. The number of halogens is 1. The minimum Gasteiger partial charge on any atom is -0.310 e. The van der Waals surface area contributed by atoms with Crippen LogP contribution in [0.15, 0.2) is 66.4 Å². The van der Waals surface area contributed by atoms with Gasteiger partial charge in [0.05, 0.1) is 6.54 Å². The molecule has 0 aromatic heterocycles. The monoisotopic (exact) mass is 339 g/mol. The van der Waals surface area contributed by atoms with E-state index < -0.39 is 0 Å². The third kappa shape index (κ3) is 3.88. The predicted octanol–water partition coefficient (Wildman–Crippen LogP) is 5.24. The number of benzene rings is 2. The van der Waals surface area contributed by atoms with Gasteiger partial charge in [0.25, 0.3) is 0 Å². The molecule has 2 aromatic carbocycles. The van der Waals surface area contributed by atoms with Crippen LogP contribution in [0.1, 0.15) is 36.8 Å². The number of hydrogen-bond acceptors (Lipinski definition) is 1. The van der Waals surface area contributed by atoms with Gasteiger partial charge in [-0.05, 0) is 42.4 Å². The highest BCUT2D eigenvalue weighted by Gasteiger charge is 2.24. The van der Waals surface area contributed by atoms with Gasteiger partial charge in [-0.25, -0.2) is 0 Å². The van der Waals surface area contributed by atoms with Gasteiger partial charge in [0, 0.05) is 5.70 Å². The lowest BCUT2D eigenvalue weighted by Gasteiger charge is -2.31. The molecule has 0 saturated carbocycles. The average molecular weight is 340 g/mol. The Balaban J connectivity index is 2.00. The summed E-state index contributed by atoms with van der Waals surface area (Å²) in [7, 11) is 0. The van der Waals surface area contributed by atoms with Crippen LogP contribution in [0.2, 0.25) is 0 Å². The molecule has 1 aliphatic rings. The lowest BCUT2D eigenvalue weighted by atomic mass is 9.90. The molecule has 1 aliphatic carbocycles. The van der Waals surface area contributed by atoms with E-state index in [0.717, 1.165) is 30.5 Å². The molecular formula is C21H22ClNO. The van der Waals surface area contributed by atoms with Crippen molar-refractivity contribution in [2.24, 2.45) is 0 Å². The van der Waals surface area contributed by atoms with E-state index in [0.29, 0.717) is 6.54 Å². The Morgan fingerprint density at radius 1 is 0.917 bits per heavy atom. The second kappa shape index (κ2) is 8.16. The Morgan fingerprint density at radius 3 is 2.21 bits per heavy atom. The third-order valence-electron chi connectivity index (χ3n) is 4.49. The Hall–Kier alpha value is -2.06. The maximum absolute atomic E-state index is 12.6. The highest BCUT2D eigenvalue weighted by atomic mass is 35.5. The maximum Gasteiger partial charge on any atom is 0.241 e. The van der Waals surface area contributed by atoms with Gasteiger partial charge in [0.2, 0.25) is 5.91 Å². The van der Waals surface area contributed by atoms with E-state index in [9.17, 15) is 4.79 Å². The van der Waals surface area contributed by atoms with Gasteiger partial charge in [-0.2, -0.15) is 0 Å². The summed E-state index contributed by atoms with van der Waals surface area (Å²) in [6.07, 6.45) is 4.23. The van der Waals surface area contributed by atoms with E-state index in [1.165, 1.54) is 17.6 Å². The zero-order valence-electron chi connectivity index (χ0n) is 13.7. The number of carbonyl (C=O) groups is 1. The van der Waals surface area contributed by atoms with E-state index in [2.05, 4.69) is 36.4 Å². The topological polar surface area (TPSA) is 20.3 Å². The van der Waals surface area contributed by atoms with Crippen LogP contribution in [0.4, 0.5) is 0 Å². The van der Waals surface area contributed by atoms with Crippen LogP contribution < -0.4 is 0 Å². The molecule has 0 unspecified atom stereocenters. The number of alkyl halides is 1. The van der Waals surface area contributed by atoms with Crippen LogP contribution >= 0.6 is 11.6 Å². The second-order valence-electron chi connectivity index (χ2n) is 6.10. The lowest BCUT2D eigenvalue weighted by molar-refractivity contribution is -0.127. The standard InChI is InChI=1S/C21H22ClNO/c22-15-21(24)23(16-17-9-3-1-4-10-17)20-14-8-7-13-19(20)18-11-5-2-6-12-18/h1-6,9-12H,7-8,13-16H2. The van der Waals surface area contributed by atoms with E-state index >= 15 is 0 Å². The van der Waals surface area contributed by atoms with E-state index in [1.807, 2.05) is 29.2 Å². The van der Waals surface area contributed by atoms with Crippen molar-refractivity contribution in [2.75, 3.05) is 5.88 Å². The van der Waals surface area contributed by atoms with Crippen molar-refractivity contribution in [3.05, 3.63) is 77.5 Å². The summed E-state index contributed by atoms with van der Waals surface area (Å²) in [6, 6.07) is 20.5. The van der Waals surface area contributed by atoms with Crippen molar-refractivity contribution >= 4 is 23.1 Å². The molecule has 3 rings (SSSR count). The molecule has 0 heterocycles. The fourth-order valence-electron chi connectivity index (χ4n) is 3.31. The number of nitrogens with zero attached hydrogens (tertiary/aromatic N) is 1. The second-order valence-corrected chi connectivity index (χ2v) is 6.36. The van der Waals surface area contributed by atoms with Crippen LogP contribution in [0.5, 0.6) is 0 Å². The minimum absolute atomic E-state index is 0.0123. The van der Waals surface area contributed by atoms with Crippen molar-refractivity contribution < 1.29 is 4.79 Å². The number of allylic oxidation sites excluding steroid dienone is 2. The first-order chi connectivity index (χ1) is 11.8. The molecule has 3 heteroatoms. The zero-order chi connectivity index (χ0) is 16.8. The molecule has 0 bridgehead atoms. The van der Waals surface area contributed by atoms with Crippen LogP contribution in [-0.2, 0) is 11.3 Å². The smallest absolute Gasteiger partial charge is 0.241 e. The first kappa shape index (κ1) is 16.8. The predicted molar refractivity (Wildman–Crippen MR) is 99.5 cm³/mol. The van der Waals surface area contributed by atoms with E-state index in [-0.39, 0.29) is 11.8 Å². The third-order valence-corrected chi connectivity index (χ3v) is 4.71. The van der Waals surface area contributed by atoms with Crippen LogP contribution in [0, 0.1) is 0 Å². The molecule has 1 amide bonds. The van der Waals surface area contributed by atoms with Crippen molar-refractivity contribution in [1.82, 2.24) is 4.90 Å². The lowest BCUT2D eigenvalue weighted by Crippen LogP contribution is -2.32. The summed E-state index contributed by atoms with van der Waals surface area (Å²) in [5.41, 5.74) is 4.77. The molecule has 0 saturated heterocycles. The Kier molecular flexibility index (Phi) is 5.71.